The van der Waals surface area contributed by atoms with E-state index in [1.165, 1.54) is 4.68 Å². The number of hydrazone groups is 1. The van der Waals surface area contributed by atoms with Crippen LogP contribution in [0, 0.1) is 0 Å². The molecule has 11 nitrogen and oxygen atoms in total. The van der Waals surface area contributed by atoms with Gasteiger partial charge in [-0.3, -0.25) is 4.79 Å². The predicted molar refractivity (Wildman–Crippen MR) is 100 cm³/mol. The van der Waals surface area contributed by atoms with E-state index in [0.29, 0.717) is 17.2 Å². The Balaban J connectivity index is 1.89. The number of rotatable bonds is 6. The van der Waals surface area contributed by atoms with Gasteiger partial charge < -0.3 is 10.5 Å². The largest absolute Gasteiger partial charge is 0.496 e. The highest BCUT2D eigenvalue weighted by atomic mass is 16.6. The van der Waals surface area contributed by atoms with E-state index in [1.54, 1.807) is 14.0 Å². The lowest BCUT2D eigenvalue weighted by Gasteiger charge is -2.09. The van der Waals surface area contributed by atoms with Crippen LogP contribution >= 0.6 is 0 Å². The highest BCUT2D eigenvalue weighted by molar-refractivity contribution is 6.02. The zero-order valence-corrected chi connectivity index (χ0v) is 15.9. The summed E-state index contributed by atoms with van der Waals surface area (Å²) < 4.78 is 11.3. The zero-order valence-electron chi connectivity index (χ0n) is 15.9. The molecule has 2 heterocycles. The second kappa shape index (κ2) is 7.86. The average Bonchev–Trinajstić information content (AvgIpc) is 3.31. The molecule has 0 aliphatic heterocycles. The van der Waals surface area contributed by atoms with Gasteiger partial charge >= 0.3 is 0 Å². The van der Waals surface area contributed by atoms with Crippen LogP contribution < -0.4 is 15.9 Å². The third kappa shape index (κ3) is 3.54. The number of ether oxygens (including phenoxy) is 1. The number of hydrogen-bond donors (Lipinski definition) is 2. The molecule has 0 atom stereocenters. The Morgan fingerprint density at radius 2 is 2.07 bits per heavy atom. The fourth-order valence-electron chi connectivity index (χ4n) is 2.65. The topological polar surface area (TPSA) is 146 Å². The molecule has 0 bridgehead atoms. The van der Waals surface area contributed by atoms with Crippen LogP contribution in [0.3, 0.4) is 0 Å². The Morgan fingerprint density at radius 1 is 1.32 bits per heavy atom. The summed E-state index contributed by atoms with van der Waals surface area (Å²) in [6.07, 6.45) is 0. The van der Waals surface area contributed by atoms with Crippen molar-refractivity contribution in [3.05, 3.63) is 41.2 Å². The predicted octanol–water partition coefficient (Wildman–Crippen LogP) is 1.52. The van der Waals surface area contributed by atoms with Crippen LogP contribution in [0.15, 0.2) is 34.0 Å². The molecule has 0 aliphatic rings. The van der Waals surface area contributed by atoms with E-state index < -0.39 is 5.91 Å². The Kier molecular flexibility index (Phi) is 5.34. The number of nitrogens with two attached hydrogens (primary N) is 1. The van der Waals surface area contributed by atoms with E-state index in [-0.39, 0.29) is 23.2 Å². The van der Waals surface area contributed by atoms with Crippen molar-refractivity contribution >= 4 is 17.4 Å². The summed E-state index contributed by atoms with van der Waals surface area (Å²) in [7, 11) is 1.57. The second-order valence-corrected chi connectivity index (χ2v) is 6.20. The van der Waals surface area contributed by atoms with Gasteiger partial charge in [0.25, 0.3) is 5.91 Å². The van der Waals surface area contributed by atoms with Crippen molar-refractivity contribution < 1.29 is 14.2 Å². The van der Waals surface area contributed by atoms with Crippen LogP contribution in [0.5, 0.6) is 5.75 Å². The Bertz CT molecular complexity index is 1020. The maximum atomic E-state index is 12.7. The van der Waals surface area contributed by atoms with Gasteiger partial charge in [-0.2, -0.15) is 9.78 Å². The van der Waals surface area contributed by atoms with Crippen molar-refractivity contribution in [2.45, 2.75) is 26.7 Å². The van der Waals surface area contributed by atoms with Crippen LogP contribution in [-0.2, 0) is 0 Å². The number of methoxy groups -OCH3 is 1. The number of nitrogens with zero attached hydrogens (tertiary/aromatic N) is 6. The second-order valence-electron chi connectivity index (χ2n) is 6.20. The van der Waals surface area contributed by atoms with Gasteiger partial charge in [0.1, 0.15) is 5.75 Å². The first-order valence-corrected chi connectivity index (χ1v) is 8.46. The molecule has 0 spiro atoms. The molecule has 1 aromatic carbocycles. The number of carbonyl (C=O) groups is 1. The molecule has 0 fully saturated rings. The highest BCUT2D eigenvalue weighted by Crippen LogP contribution is 2.23. The number of anilines is 1. The van der Waals surface area contributed by atoms with Crippen molar-refractivity contribution in [1.29, 1.82) is 0 Å². The van der Waals surface area contributed by atoms with Gasteiger partial charge in [-0.05, 0) is 35.3 Å². The highest BCUT2D eigenvalue weighted by Gasteiger charge is 2.25. The molecule has 28 heavy (non-hydrogen) atoms. The fourth-order valence-corrected chi connectivity index (χ4v) is 2.65. The van der Waals surface area contributed by atoms with Crippen LogP contribution in [0.4, 0.5) is 5.82 Å². The van der Waals surface area contributed by atoms with E-state index in [2.05, 4.69) is 35.8 Å². The molecule has 0 saturated heterocycles. The maximum Gasteiger partial charge on any atom is 0.293 e. The number of hydrogen-bond acceptors (Lipinski definition) is 9. The van der Waals surface area contributed by atoms with Crippen molar-refractivity contribution in [2.24, 2.45) is 5.10 Å². The van der Waals surface area contributed by atoms with E-state index in [0.717, 1.165) is 5.56 Å². The summed E-state index contributed by atoms with van der Waals surface area (Å²) in [6, 6.07) is 7.37. The standard InChI is InChI=1S/C17H20N8O3/c1-9(2)14-13(20-24-25(14)16-15(18)22-28-23-16)17(26)21-19-10(3)11-7-5-6-8-12(11)27-4/h5-9H,1-4H3,(H2,18,22)(H,21,26)/b19-10-. The molecule has 0 saturated carbocycles. The van der Waals surface area contributed by atoms with Gasteiger partial charge in [-0.15, -0.1) is 5.10 Å². The fraction of sp³-hybridized carbons (Fsp3) is 0.294. The Morgan fingerprint density at radius 3 is 2.71 bits per heavy atom. The van der Waals surface area contributed by atoms with Crippen molar-refractivity contribution in [2.75, 3.05) is 12.8 Å². The first-order valence-electron chi connectivity index (χ1n) is 8.46. The lowest BCUT2D eigenvalue weighted by atomic mass is 10.1. The monoisotopic (exact) mass is 384 g/mol. The average molecular weight is 384 g/mol. The minimum absolute atomic E-state index is 0.0452. The van der Waals surface area contributed by atoms with Gasteiger partial charge in [0.05, 0.1) is 18.5 Å². The summed E-state index contributed by atoms with van der Waals surface area (Å²) in [5, 5.41) is 19.3. The third-order valence-electron chi connectivity index (χ3n) is 3.99. The smallest absolute Gasteiger partial charge is 0.293 e. The van der Waals surface area contributed by atoms with Crippen LogP contribution in [0.1, 0.15) is 48.4 Å². The molecule has 3 aromatic rings. The minimum atomic E-state index is -0.515. The summed E-state index contributed by atoms with van der Waals surface area (Å²) in [6.45, 7) is 5.54. The molecular weight excluding hydrogens is 364 g/mol. The number of carbonyl (C=O) groups excluding carboxylic acids is 1. The molecule has 146 valence electrons. The number of para-hydroxylation sites is 1. The molecule has 0 radical (unpaired) electrons. The number of aromatic nitrogens is 5. The third-order valence-corrected chi connectivity index (χ3v) is 3.99. The van der Waals surface area contributed by atoms with E-state index >= 15 is 0 Å². The SMILES string of the molecule is COc1ccccc1/C(C)=N\NC(=O)c1nnn(-c2nonc2N)c1C(C)C. The summed E-state index contributed by atoms with van der Waals surface area (Å²) in [5.41, 5.74) is 10.2. The van der Waals surface area contributed by atoms with Gasteiger partial charge in [-0.25, -0.2) is 10.1 Å². The molecule has 3 N–H and O–H groups in total. The summed E-state index contributed by atoms with van der Waals surface area (Å²) >= 11 is 0. The van der Waals surface area contributed by atoms with Gasteiger partial charge in [-0.1, -0.05) is 31.2 Å². The molecule has 3 rings (SSSR count). The molecule has 0 aliphatic carbocycles. The van der Waals surface area contributed by atoms with Crippen molar-refractivity contribution in [3.8, 4) is 11.6 Å². The quantitative estimate of drug-likeness (QED) is 0.480. The van der Waals surface area contributed by atoms with Crippen LogP contribution in [-0.4, -0.2) is 44.0 Å². The summed E-state index contributed by atoms with van der Waals surface area (Å²) in [4.78, 5) is 12.7. The van der Waals surface area contributed by atoms with E-state index in [9.17, 15) is 4.79 Å². The molecule has 1 amide bonds. The minimum Gasteiger partial charge on any atom is -0.496 e. The molecule has 11 heteroatoms. The number of nitrogens with one attached hydrogen (secondary N) is 1. The van der Waals surface area contributed by atoms with E-state index in [4.69, 9.17) is 10.5 Å². The Labute approximate surface area is 160 Å². The first-order chi connectivity index (χ1) is 13.4. The molecule has 0 unspecified atom stereocenters. The first kappa shape index (κ1) is 19.0. The van der Waals surface area contributed by atoms with Gasteiger partial charge in [0, 0.05) is 5.56 Å². The van der Waals surface area contributed by atoms with Crippen LogP contribution in [0.25, 0.3) is 5.82 Å². The zero-order chi connectivity index (χ0) is 20.3. The normalized spacial score (nSPS) is 11.7. The maximum absolute atomic E-state index is 12.7. The van der Waals surface area contributed by atoms with Crippen molar-refractivity contribution in [3.63, 3.8) is 0 Å². The summed E-state index contributed by atoms with van der Waals surface area (Å²) in [5.74, 6) is 0.249. The molecular formula is C17H20N8O3. The Hall–Kier alpha value is -3.76. The van der Waals surface area contributed by atoms with E-state index in [1.807, 2.05) is 38.1 Å². The van der Waals surface area contributed by atoms with Crippen molar-refractivity contribution in [1.82, 2.24) is 30.7 Å². The number of benzene rings is 1. The van der Waals surface area contributed by atoms with Crippen LogP contribution in [0.2, 0.25) is 0 Å². The lowest BCUT2D eigenvalue weighted by molar-refractivity contribution is 0.0948. The van der Waals surface area contributed by atoms with Gasteiger partial charge in [0.15, 0.2) is 5.69 Å². The molecule has 2 aromatic heterocycles. The number of nitrogen functional groups attached to an aromatic ring is 1. The number of amides is 1. The van der Waals surface area contributed by atoms with Gasteiger partial charge in [0.2, 0.25) is 11.6 Å². The lowest BCUT2D eigenvalue weighted by Crippen LogP contribution is -2.22.